The van der Waals surface area contributed by atoms with Crippen LogP contribution in [0.15, 0.2) is 30.3 Å². The Morgan fingerprint density at radius 2 is 2.05 bits per heavy atom. The van der Waals surface area contributed by atoms with Gasteiger partial charge in [-0.1, -0.05) is 30.3 Å². The molecule has 2 rings (SSSR count). The Morgan fingerprint density at radius 1 is 1.32 bits per heavy atom. The standard InChI is InChI=1S/C14H15NO3S/c16-12(10-5-2-1-3-6-10)9-13(19)18-14(17)11-7-4-8-15-11/h1-3,5-6,11,15H,4,7-9H2/t11-/m0/s1. The molecule has 0 bridgehead atoms. The minimum Gasteiger partial charge on any atom is -0.418 e. The normalized spacial score (nSPS) is 18.0. The molecule has 4 nitrogen and oxygen atoms in total. The summed E-state index contributed by atoms with van der Waals surface area (Å²) in [7, 11) is 0. The second-order valence-electron chi connectivity index (χ2n) is 4.41. The van der Waals surface area contributed by atoms with Gasteiger partial charge in [-0.3, -0.25) is 4.79 Å². The van der Waals surface area contributed by atoms with E-state index >= 15 is 0 Å². The first-order chi connectivity index (χ1) is 9.16. The molecular formula is C14H15NO3S. The molecule has 1 aromatic carbocycles. The zero-order valence-electron chi connectivity index (χ0n) is 10.4. The number of ketones is 1. The highest BCUT2D eigenvalue weighted by Crippen LogP contribution is 2.09. The average molecular weight is 277 g/mol. The minimum absolute atomic E-state index is 0.0348. The molecule has 5 heteroatoms. The Bertz CT molecular complexity index is 481. The van der Waals surface area contributed by atoms with Gasteiger partial charge in [0, 0.05) is 5.56 Å². The third-order valence-corrected chi connectivity index (χ3v) is 3.19. The van der Waals surface area contributed by atoms with E-state index in [1.807, 2.05) is 6.07 Å². The van der Waals surface area contributed by atoms with Crippen LogP contribution in [0.25, 0.3) is 0 Å². The number of hydrogen-bond acceptors (Lipinski definition) is 5. The van der Waals surface area contributed by atoms with Crippen molar-refractivity contribution in [3.05, 3.63) is 35.9 Å². The van der Waals surface area contributed by atoms with Crippen molar-refractivity contribution in [1.82, 2.24) is 5.32 Å². The van der Waals surface area contributed by atoms with E-state index in [1.54, 1.807) is 24.3 Å². The van der Waals surface area contributed by atoms with Crippen molar-refractivity contribution in [2.45, 2.75) is 25.3 Å². The van der Waals surface area contributed by atoms with Gasteiger partial charge in [-0.05, 0) is 31.6 Å². The third-order valence-electron chi connectivity index (χ3n) is 2.96. The Morgan fingerprint density at radius 3 is 2.68 bits per heavy atom. The number of esters is 1. The number of Topliss-reactive ketones (excluding diaryl/α,β-unsaturated/α-hetero) is 1. The van der Waals surface area contributed by atoms with Crippen molar-refractivity contribution in [2.24, 2.45) is 0 Å². The first kappa shape index (κ1) is 13.8. The average Bonchev–Trinajstić information content (AvgIpc) is 2.93. The predicted molar refractivity (Wildman–Crippen MR) is 75.1 cm³/mol. The number of carbonyl (C=O) groups excluding carboxylic acids is 2. The van der Waals surface area contributed by atoms with Crippen LogP contribution in [0, 0.1) is 0 Å². The van der Waals surface area contributed by atoms with Crippen molar-refractivity contribution in [3.8, 4) is 0 Å². The summed E-state index contributed by atoms with van der Waals surface area (Å²) in [5, 5.41) is 3.06. The van der Waals surface area contributed by atoms with Crippen LogP contribution in [0.1, 0.15) is 29.6 Å². The molecule has 0 spiro atoms. The van der Waals surface area contributed by atoms with Gasteiger partial charge < -0.3 is 10.1 Å². The monoisotopic (exact) mass is 277 g/mol. The van der Waals surface area contributed by atoms with Crippen molar-refractivity contribution >= 4 is 29.0 Å². The number of carbonyl (C=O) groups is 2. The van der Waals surface area contributed by atoms with Gasteiger partial charge in [0.05, 0.1) is 6.42 Å². The number of ether oxygens (including phenoxy) is 1. The zero-order chi connectivity index (χ0) is 13.7. The molecule has 0 amide bonds. The Hall–Kier alpha value is -1.59. The molecule has 1 atom stereocenters. The van der Waals surface area contributed by atoms with Crippen molar-refractivity contribution in [2.75, 3.05) is 6.54 Å². The summed E-state index contributed by atoms with van der Waals surface area (Å²) in [4.78, 5) is 23.6. The predicted octanol–water partition coefficient (Wildman–Crippen LogP) is 1.88. The second-order valence-corrected chi connectivity index (χ2v) is 4.86. The molecule has 1 fully saturated rings. The summed E-state index contributed by atoms with van der Waals surface area (Å²) < 4.78 is 5.04. The van der Waals surface area contributed by atoms with Gasteiger partial charge in [0.15, 0.2) is 10.8 Å². The molecule has 0 unspecified atom stereocenters. The molecule has 100 valence electrons. The van der Waals surface area contributed by atoms with Gasteiger partial charge in [0.1, 0.15) is 6.04 Å². The van der Waals surface area contributed by atoms with Crippen LogP contribution in [0.4, 0.5) is 0 Å². The summed E-state index contributed by atoms with van der Waals surface area (Å²) in [5.74, 6) is -0.527. The molecule has 0 aliphatic carbocycles. The van der Waals surface area contributed by atoms with Crippen LogP contribution in [-0.4, -0.2) is 29.4 Å². The van der Waals surface area contributed by atoms with Gasteiger partial charge in [-0.2, -0.15) is 0 Å². The van der Waals surface area contributed by atoms with E-state index in [1.165, 1.54) is 0 Å². The first-order valence-corrected chi connectivity index (χ1v) is 6.64. The van der Waals surface area contributed by atoms with E-state index in [-0.39, 0.29) is 29.3 Å². The Labute approximate surface area is 117 Å². The third kappa shape index (κ3) is 3.94. The molecule has 1 heterocycles. The first-order valence-electron chi connectivity index (χ1n) is 6.23. The van der Waals surface area contributed by atoms with Crippen molar-refractivity contribution in [1.29, 1.82) is 0 Å². The minimum atomic E-state index is -0.386. The maximum Gasteiger partial charge on any atom is 0.329 e. The van der Waals surface area contributed by atoms with Crippen molar-refractivity contribution < 1.29 is 14.3 Å². The van der Waals surface area contributed by atoms with E-state index in [0.29, 0.717) is 5.56 Å². The van der Waals surface area contributed by atoms with E-state index < -0.39 is 0 Å². The molecule has 1 saturated heterocycles. The lowest BCUT2D eigenvalue weighted by Crippen LogP contribution is -2.33. The van der Waals surface area contributed by atoms with Crippen LogP contribution in [0.3, 0.4) is 0 Å². The number of thiocarbonyl (C=S) groups is 1. The van der Waals surface area contributed by atoms with Crippen molar-refractivity contribution in [3.63, 3.8) is 0 Å². The fourth-order valence-electron chi connectivity index (χ4n) is 1.96. The van der Waals surface area contributed by atoms with Crippen LogP contribution >= 0.6 is 12.2 Å². The largest absolute Gasteiger partial charge is 0.418 e. The highest BCUT2D eigenvalue weighted by molar-refractivity contribution is 7.80. The number of benzene rings is 1. The lowest BCUT2D eigenvalue weighted by Gasteiger charge is -2.10. The van der Waals surface area contributed by atoms with Gasteiger partial charge in [-0.15, -0.1) is 0 Å². The molecule has 0 saturated carbocycles. The zero-order valence-corrected chi connectivity index (χ0v) is 11.2. The quantitative estimate of drug-likeness (QED) is 0.517. The molecule has 1 N–H and O–H groups in total. The molecule has 1 aromatic rings. The van der Waals surface area contributed by atoms with Crippen LogP contribution in [-0.2, 0) is 9.53 Å². The molecular weight excluding hydrogens is 262 g/mol. The number of hydrogen-bond donors (Lipinski definition) is 1. The number of rotatable bonds is 4. The molecule has 1 aliphatic heterocycles. The summed E-state index contributed by atoms with van der Waals surface area (Å²) in [6, 6.07) is 8.54. The second kappa shape index (κ2) is 6.54. The Balaban J connectivity index is 1.84. The summed E-state index contributed by atoms with van der Waals surface area (Å²) in [6.07, 6.45) is 1.67. The summed E-state index contributed by atoms with van der Waals surface area (Å²) in [5.41, 5.74) is 0.569. The maximum atomic E-state index is 11.9. The molecule has 0 radical (unpaired) electrons. The highest BCUT2D eigenvalue weighted by atomic mass is 32.1. The van der Waals surface area contributed by atoms with Gasteiger partial charge in [-0.25, -0.2) is 4.79 Å². The number of nitrogens with one attached hydrogen (secondary N) is 1. The Kier molecular flexibility index (Phi) is 4.76. The van der Waals surface area contributed by atoms with E-state index in [9.17, 15) is 9.59 Å². The van der Waals surface area contributed by atoms with E-state index in [4.69, 9.17) is 17.0 Å². The smallest absolute Gasteiger partial charge is 0.329 e. The highest BCUT2D eigenvalue weighted by Gasteiger charge is 2.25. The molecule has 1 aliphatic rings. The lowest BCUT2D eigenvalue weighted by molar-refractivity contribution is -0.137. The topological polar surface area (TPSA) is 55.4 Å². The molecule has 19 heavy (non-hydrogen) atoms. The van der Waals surface area contributed by atoms with Crippen LogP contribution in [0.5, 0.6) is 0 Å². The van der Waals surface area contributed by atoms with Crippen LogP contribution in [0.2, 0.25) is 0 Å². The fourth-order valence-corrected chi connectivity index (χ4v) is 2.18. The molecule has 0 aromatic heterocycles. The fraction of sp³-hybridized carbons (Fsp3) is 0.357. The lowest BCUT2D eigenvalue weighted by atomic mass is 10.1. The summed E-state index contributed by atoms with van der Waals surface area (Å²) in [6.45, 7) is 0.815. The van der Waals surface area contributed by atoms with Gasteiger partial charge in [0.2, 0.25) is 0 Å². The maximum absolute atomic E-state index is 11.9. The van der Waals surface area contributed by atoms with Gasteiger partial charge >= 0.3 is 5.97 Å². The summed E-state index contributed by atoms with van der Waals surface area (Å²) >= 11 is 4.95. The van der Waals surface area contributed by atoms with Gasteiger partial charge in [0.25, 0.3) is 0 Å². The van der Waals surface area contributed by atoms with E-state index in [0.717, 1.165) is 19.4 Å². The van der Waals surface area contributed by atoms with Crippen LogP contribution < -0.4 is 5.32 Å². The van der Waals surface area contributed by atoms with E-state index in [2.05, 4.69) is 5.32 Å². The SMILES string of the molecule is O=C(CC(=S)OC(=O)[C@@H]1CCCN1)c1ccccc1.